The molecule has 19 heavy (non-hydrogen) atoms. The van der Waals surface area contributed by atoms with Gasteiger partial charge in [0.25, 0.3) is 0 Å². The lowest BCUT2D eigenvalue weighted by molar-refractivity contribution is -0.137. The SMILES string of the molecule is CSc1cccc(N(C)C(=O)CCCCC(=O)O)c1. The fraction of sp³-hybridized carbons (Fsp3) is 0.429. The number of anilines is 1. The summed E-state index contributed by atoms with van der Waals surface area (Å²) in [7, 11) is 1.75. The number of nitrogens with zero attached hydrogens (tertiary/aromatic N) is 1. The van der Waals surface area contributed by atoms with E-state index in [4.69, 9.17) is 5.11 Å². The lowest BCUT2D eigenvalue weighted by Crippen LogP contribution is -2.25. The molecule has 0 radical (unpaired) electrons. The molecule has 0 atom stereocenters. The van der Waals surface area contributed by atoms with Crippen molar-refractivity contribution in [3.8, 4) is 0 Å². The average molecular weight is 281 g/mol. The van der Waals surface area contributed by atoms with Gasteiger partial charge in [-0.05, 0) is 37.3 Å². The molecule has 5 heteroatoms. The maximum Gasteiger partial charge on any atom is 0.303 e. The second-order valence-electron chi connectivity index (χ2n) is 4.26. The first kappa shape index (κ1) is 15.6. The highest BCUT2D eigenvalue weighted by Crippen LogP contribution is 2.22. The van der Waals surface area contributed by atoms with Crippen LogP contribution in [0.15, 0.2) is 29.2 Å². The second kappa shape index (κ2) is 7.84. The van der Waals surface area contributed by atoms with Crippen LogP contribution in [0.5, 0.6) is 0 Å². The van der Waals surface area contributed by atoms with Crippen LogP contribution in [0.1, 0.15) is 25.7 Å². The molecule has 0 unspecified atom stereocenters. The molecule has 0 saturated heterocycles. The van der Waals surface area contributed by atoms with E-state index in [1.54, 1.807) is 23.7 Å². The van der Waals surface area contributed by atoms with Crippen molar-refractivity contribution in [3.05, 3.63) is 24.3 Å². The predicted octanol–water partition coefficient (Wildman–Crippen LogP) is 3.02. The number of carboxylic acid groups (broad SMARTS) is 1. The highest BCUT2D eigenvalue weighted by Gasteiger charge is 2.11. The van der Waals surface area contributed by atoms with E-state index in [-0.39, 0.29) is 12.3 Å². The molecule has 0 aliphatic rings. The molecule has 104 valence electrons. The number of carboxylic acids is 1. The number of carbonyl (C=O) groups is 2. The van der Waals surface area contributed by atoms with Gasteiger partial charge in [0, 0.05) is 30.5 Å². The van der Waals surface area contributed by atoms with Gasteiger partial charge in [-0.2, -0.15) is 0 Å². The van der Waals surface area contributed by atoms with Crippen LogP contribution in [0, 0.1) is 0 Å². The predicted molar refractivity (Wildman–Crippen MR) is 77.7 cm³/mol. The lowest BCUT2D eigenvalue weighted by atomic mass is 10.1. The molecule has 0 spiro atoms. The minimum absolute atomic E-state index is 0.0173. The van der Waals surface area contributed by atoms with Crippen LogP contribution in [-0.2, 0) is 9.59 Å². The van der Waals surface area contributed by atoms with E-state index < -0.39 is 5.97 Å². The number of unbranched alkanes of at least 4 members (excludes halogenated alkanes) is 1. The topological polar surface area (TPSA) is 57.6 Å². The van der Waals surface area contributed by atoms with Crippen LogP contribution in [0.2, 0.25) is 0 Å². The molecule has 0 aliphatic heterocycles. The highest BCUT2D eigenvalue weighted by molar-refractivity contribution is 7.98. The molecule has 1 aromatic carbocycles. The Labute approximate surface area is 117 Å². The molecule has 1 amide bonds. The number of hydrogen-bond donors (Lipinski definition) is 1. The van der Waals surface area contributed by atoms with Crippen molar-refractivity contribution >= 4 is 29.3 Å². The monoisotopic (exact) mass is 281 g/mol. The molecule has 4 nitrogen and oxygen atoms in total. The highest BCUT2D eigenvalue weighted by atomic mass is 32.2. The number of hydrogen-bond acceptors (Lipinski definition) is 3. The summed E-state index contributed by atoms with van der Waals surface area (Å²) in [4.78, 5) is 25.1. The normalized spacial score (nSPS) is 10.2. The summed E-state index contributed by atoms with van der Waals surface area (Å²) in [5.41, 5.74) is 0.870. The van der Waals surface area contributed by atoms with E-state index in [2.05, 4.69) is 0 Å². The van der Waals surface area contributed by atoms with Gasteiger partial charge in [-0.15, -0.1) is 11.8 Å². The minimum Gasteiger partial charge on any atom is -0.481 e. The molecule has 0 fully saturated rings. The zero-order chi connectivity index (χ0) is 14.3. The summed E-state index contributed by atoms with van der Waals surface area (Å²) in [6.07, 6.45) is 3.65. The second-order valence-corrected chi connectivity index (χ2v) is 5.13. The molecular formula is C14H19NO3S. The summed E-state index contributed by atoms with van der Waals surface area (Å²) < 4.78 is 0. The Morgan fingerprint density at radius 1 is 1.26 bits per heavy atom. The number of thioether (sulfide) groups is 1. The third kappa shape index (κ3) is 5.34. The van der Waals surface area contributed by atoms with Gasteiger partial charge >= 0.3 is 5.97 Å². The lowest BCUT2D eigenvalue weighted by Gasteiger charge is -2.17. The van der Waals surface area contributed by atoms with Gasteiger partial charge in [-0.25, -0.2) is 0 Å². The van der Waals surface area contributed by atoms with Crippen LogP contribution in [-0.4, -0.2) is 30.3 Å². The molecule has 0 aromatic heterocycles. The molecule has 1 rings (SSSR count). The zero-order valence-corrected chi connectivity index (χ0v) is 12.1. The first-order valence-electron chi connectivity index (χ1n) is 6.17. The standard InChI is InChI=1S/C14H19NO3S/c1-15(11-6-5-7-12(10-11)19-2)13(16)8-3-4-9-14(17)18/h5-7,10H,3-4,8-9H2,1-2H3,(H,17,18). The summed E-state index contributed by atoms with van der Waals surface area (Å²) >= 11 is 1.63. The Kier molecular flexibility index (Phi) is 6.42. The van der Waals surface area contributed by atoms with Crippen LogP contribution < -0.4 is 4.90 Å². The van der Waals surface area contributed by atoms with Crippen molar-refractivity contribution in [2.75, 3.05) is 18.2 Å². The minimum atomic E-state index is -0.812. The van der Waals surface area contributed by atoms with Crippen molar-refractivity contribution in [3.63, 3.8) is 0 Å². The first-order valence-corrected chi connectivity index (χ1v) is 7.39. The van der Waals surface area contributed by atoms with Crippen LogP contribution in [0.25, 0.3) is 0 Å². The molecular weight excluding hydrogens is 262 g/mol. The molecule has 1 aromatic rings. The fourth-order valence-corrected chi connectivity index (χ4v) is 2.14. The van der Waals surface area contributed by atoms with E-state index in [0.29, 0.717) is 19.3 Å². The van der Waals surface area contributed by atoms with Crippen LogP contribution in [0.4, 0.5) is 5.69 Å². The van der Waals surface area contributed by atoms with Gasteiger partial charge < -0.3 is 10.0 Å². The van der Waals surface area contributed by atoms with E-state index >= 15 is 0 Å². The van der Waals surface area contributed by atoms with Crippen LogP contribution >= 0.6 is 11.8 Å². The number of aliphatic carboxylic acids is 1. The zero-order valence-electron chi connectivity index (χ0n) is 11.3. The fourth-order valence-electron chi connectivity index (χ4n) is 1.68. The third-order valence-corrected chi connectivity index (χ3v) is 3.57. The van der Waals surface area contributed by atoms with Crippen molar-refractivity contribution in [2.45, 2.75) is 30.6 Å². The Morgan fingerprint density at radius 2 is 1.95 bits per heavy atom. The maximum absolute atomic E-state index is 12.0. The molecule has 1 N–H and O–H groups in total. The van der Waals surface area contributed by atoms with Crippen molar-refractivity contribution in [1.29, 1.82) is 0 Å². The first-order chi connectivity index (χ1) is 9.04. The molecule has 0 heterocycles. The van der Waals surface area contributed by atoms with Crippen molar-refractivity contribution in [1.82, 2.24) is 0 Å². The summed E-state index contributed by atoms with van der Waals surface area (Å²) in [5, 5.41) is 8.53. The van der Waals surface area contributed by atoms with Crippen molar-refractivity contribution in [2.24, 2.45) is 0 Å². The number of amides is 1. The average Bonchev–Trinajstić information content (AvgIpc) is 2.42. The number of benzene rings is 1. The summed E-state index contributed by atoms with van der Waals surface area (Å²) in [6, 6.07) is 7.80. The number of carbonyl (C=O) groups excluding carboxylic acids is 1. The molecule has 0 aliphatic carbocycles. The number of rotatable bonds is 7. The van der Waals surface area contributed by atoms with Gasteiger partial charge in [0.05, 0.1) is 0 Å². The smallest absolute Gasteiger partial charge is 0.303 e. The molecule has 0 saturated carbocycles. The molecule has 0 bridgehead atoms. The van der Waals surface area contributed by atoms with Crippen molar-refractivity contribution < 1.29 is 14.7 Å². The van der Waals surface area contributed by atoms with E-state index in [1.807, 2.05) is 30.5 Å². The van der Waals surface area contributed by atoms with Gasteiger partial charge in [0.1, 0.15) is 0 Å². The van der Waals surface area contributed by atoms with Crippen LogP contribution in [0.3, 0.4) is 0 Å². The van der Waals surface area contributed by atoms with Gasteiger partial charge in [0.15, 0.2) is 0 Å². The van der Waals surface area contributed by atoms with Gasteiger partial charge in [-0.3, -0.25) is 9.59 Å². The largest absolute Gasteiger partial charge is 0.481 e. The Balaban J connectivity index is 2.49. The van der Waals surface area contributed by atoms with Gasteiger partial charge in [0.2, 0.25) is 5.91 Å². The maximum atomic E-state index is 12.0. The summed E-state index contributed by atoms with van der Waals surface area (Å²) in [5.74, 6) is -0.794. The Morgan fingerprint density at radius 3 is 2.58 bits per heavy atom. The van der Waals surface area contributed by atoms with E-state index in [9.17, 15) is 9.59 Å². The third-order valence-electron chi connectivity index (χ3n) is 2.85. The van der Waals surface area contributed by atoms with E-state index in [0.717, 1.165) is 10.6 Å². The summed E-state index contributed by atoms with van der Waals surface area (Å²) in [6.45, 7) is 0. The quantitative estimate of drug-likeness (QED) is 0.616. The van der Waals surface area contributed by atoms with E-state index in [1.165, 1.54) is 0 Å². The van der Waals surface area contributed by atoms with Gasteiger partial charge in [-0.1, -0.05) is 6.07 Å². The Hall–Kier alpha value is -1.49. The Bertz CT molecular complexity index is 448.